The molecule has 116 valence electrons. The Morgan fingerprint density at radius 3 is 2.90 bits per heavy atom. The average Bonchev–Trinajstić information content (AvgIpc) is 2.48. The van der Waals surface area contributed by atoms with Gasteiger partial charge in [-0.05, 0) is 63.0 Å². The van der Waals surface area contributed by atoms with E-state index < -0.39 is 0 Å². The minimum atomic E-state index is 0.738. The van der Waals surface area contributed by atoms with Gasteiger partial charge in [0.1, 0.15) is 5.75 Å². The van der Waals surface area contributed by atoms with E-state index in [2.05, 4.69) is 29.0 Å². The highest BCUT2D eigenvalue weighted by molar-refractivity contribution is 5.54. The van der Waals surface area contributed by atoms with Crippen LogP contribution in [0.15, 0.2) is 18.2 Å². The van der Waals surface area contributed by atoms with Gasteiger partial charge in [-0.2, -0.15) is 0 Å². The highest BCUT2D eigenvalue weighted by Gasteiger charge is 2.33. The molecule has 2 fully saturated rings. The summed E-state index contributed by atoms with van der Waals surface area (Å²) in [5.41, 5.74) is 8.04. The number of nitrogens with two attached hydrogens (primary N) is 1. The highest BCUT2D eigenvalue weighted by atomic mass is 16.5. The van der Waals surface area contributed by atoms with Gasteiger partial charge in [-0.15, -0.1) is 0 Å². The van der Waals surface area contributed by atoms with Crippen LogP contribution in [0.25, 0.3) is 0 Å². The van der Waals surface area contributed by atoms with Crippen LogP contribution in [-0.4, -0.2) is 49.6 Å². The molecule has 3 rings (SSSR count). The van der Waals surface area contributed by atoms with Crippen LogP contribution in [-0.2, 0) is 6.54 Å². The molecule has 0 saturated carbocycles. The summed E-state index contributed by atoms with van der Waals surface area (Å²) in [6, 6.07) is 6.97. The number of piperidine rings is 2. The van der Waals surface area contributed by atoms with E-state index in [-0.39, 0.29) is 0 Å². The number of anilines is 1. The van der Waals surface area contributed by atoms with Crippen molar-refractivity contribution in [2.75, 3.05) is 39.5 Å². The van der Waals surface area contributed by atoms with E-state index in [0.29, 0.717) is 0 Å². The summed E-state index contributed by atoms with van der Waals surface area (Å²) >= 11 is 0. The van der Waals surface area contributed by atoms with Crippen molar-refractivity contribution in [2.45, 2.75) is 31.8 Å². The molecular formula is C17H27N3O. The van der Waals surface area contributed by atoms with E-state index in [4.69, 9.17) is 10.5 Å². The van der Waals surface area contributed by atoms with Crippen LogP contribution in [0.5, 0.6) is 5.75 Å². The van der Waals surface area contributed by atoms with Crippen LogP contribution >= 0.6 is 0 Å². The molecule has 0 aliphatic carbocycles. The molecule has 2 unspecified atom stereocenters. The monoisotopic (exact) mass is 289 g/mol. The SMILES string of the molecule is COc1ccc(CN2CCC3C(CCCN3C)C2)cc1N. The molecule has 2 N–H and O–H groups in total. The van der Waals surface area contributed by atoms with E-state index in [9.17, 15) is 0 Å². The molecule has 2 aliphatic rings. The quantitative estimate of drug-likeness (QED) is 0.866. The molecule has 2 aliphatic heterocycles. The summed E-state index contributed by atoms with van der Waals surface area (Å²) in [5.74, 6) is 1.61. The third-order valence-electron chi connectivity index (χ3n) is 5.13. The van der Waals surface area contributed by atoms with Gasteiger partial charge in [-0.1, -0.05) is 6.07 Å². The number of methoxy groups -OCH3 is 1. The molecule has 1 aromatic rings. The lowest BCUT2D eigenvalue weighted by atomic mass is 9.84. The Kier molecular flexibility index (Phi) is 4.36. The minimum Gasteiger partial charge on any atom is -0.495 e. The van der Waals surface area contributed by atoms with Crippen molar-refractivity contribution in [1.82, 2.24) is 9.80 Å². The number of hydrogen-bond donors (Lipinski definition) is 1. The lowest BCUT2D eigenvalue weighted by Crippen LogP contribution is -2.52. The number of likely N-dealkylation sites (tertiary alicyclic amines) is 2. The number of hydrogen-bond acceptors (Lipinski definition) is 4. The zero-order valence-corrected chi connectivity index (χ0v) is 13.2. The standard InChI is InChI=1S/C17H27N3O/c1-19-8-3-4-14-12-20(9-7-16(14)19)11-13-5-6-17(21-2)15(18)10-13/h5-6,10,14,16H,3-4,7-9,11-12,18H2,1-2H3. The smallest absolute Gasteiger partial charge is 0.141 e. The molecule has 4 nitrogen and oxygen atoms in total. The number of fused-ring (bicyclic) bond motifs is 1. The topological polar surface area (TPSA) is 41.7 Å². The van der Waals surface area contributed by atoms with E-state index in [1.54, 1.807) is 7.11 Å². The van der Waals surface area contributed by atoms with Crippen LogP contribution in [0, 0.1) is 5.92 Å². The van der Waals surface area contributed by atoms with Crippen molar-refractivity contribution in [1.29, 1.82) is 0 Å². The van der Waals surface area contributed by atoms with Crippen molar-refractivity contribution in [2.24, 2.45) is 5.92 Å². The number of rotatable bonds is 3. The van der Waals surface area contributed by atoms with Gasteiger partial charge in [-0.25, -0.2) is 0 Å². The first-order valence-electron chi connectivity index (χ1n) is 8.02. The largest absolute Gasteiger partial charge is 0.495 e. The molecule has 0 aromatic heterocycles. The van der Waals surface area contributed by atoms with Gasteiger partial charge in [-0.3, -0.25) is 4.90 Å². The van der Waals surface area contributed by atoms with Crippen molar-refractivity contribution in [3.63, 3.8) is 0 Å². The van der Waals surface area contributed by atoms with Crippen LogP contribution < -0.4 is 10.5 Å². The predicted octanol–water partition coefficient (Wildman–Crippen LogP) is 2.19. The van der Waals surface area contributed by atoms with Gasteiger partial charge in [0.25, 0.3) is 0 Å². The number of benzene rings is 1. The number of ether oxygens (including phenoxy) is 1. The van der Waals surface area contributed by atoms with Gasteiger partial charge in [0.05, 0.1) is 12.8 Å². The van der Waals surface area contributed by atoms with E-state index in [1.165, 1.54) is 44.5 Å². The summed E-state index contributed by atoms with van der Waals surface area (Å²) in [7, 11) is 3.95. The fourth-order valence-corrected chi connectivity index (χ4v) is 4.01. The molecule has 21 heavy (non-hydrogen) atoms. The Bertz CT molecular complexity index is 491. The van der Waals surface area contributed by atoms with Crippen molar-refractivity contribution in [3.8, 4) is 5.75 Å². The molecule has 0 radical (unpaired) electrons. The summed E-state index contributed by atoms with van der Waals surface area (Å²) in [6.45, 7) is 4.69. The summed E-state index contributed by atoms with van der Waals surface area (Å²) in [5, 5.41) is 0. The molecule has 2 saturated heterocycles. The summed E-state index contributed by atoms with van der Waals surface area (Å²) < 4.78 is 5.23. The molecule has 4 heteroatoms. The molecule has 2 heterocycles. The highest BCUT2D eigenvalue weighted by Crippen LogP contribution is 2.30. The fraction of sp³-hybridized carbons (Fsp3) is 0.647. The van der Waals surface area contributed by atoms with Crippen LogP contribution in [0.4, 0.5) is 5.69 Å². The first-order chi connectivity index (χ1) is 10.2. The molecular weight excluding hydrogens is 262 g/mol. The lowest BCUT2D eigenvalue weighted by molar-refractivity contribution is 0.0355. The molecule has 2 atom stereocenters. The van der Waals surface area contributed by atoms with Crippen LogP contribution in [0.2, 0.25) is 0 Å². The Morgan fingerprint density at radius 2 is 2.14 bits per heavy atom. The average molecular weight is 289 g/mol. The second kappa shape index (κ2) is 6.24. The second-order valence-electron chi connectivity index (χ2n) is 6.55. The van der Waals surface area contributed by atoms with E-state index >= 15 is 0 Å². The van der Waals surface area contributed by atoms with E-state index in [1.807, 2.05) is 6.07 Å². The third-order valence-corrected chi connectivity index (χ3v) is 5.13. The zero-order valence-electron chi connectivity index (χ0n) is 13.2. The van der Waals surface area contributed by atoms with E-state index in [0.717, 1.165) is 29.9 Å². The van der Waals surface area contributed by atoms with Gasteiger partial charge >= 0.3 is 0 Å². The van der Waals surface area contributed by atoms with Gasteiger partial charge in [0.2, 0.25) is 0 Å². The third kappa shape index (κ3) is 3.16. The van der Waals surface area contributed by atoms with Gasteiger partial charge in [0, 0.05) is 19.1 Å². The second-order valence-corrected chi connectivity index (χ2v) is 6.55. The molecule has 0 spiro atoms. The zero-order chi connectivity index (χ0) is 14.8. The Hall–Kier alpha value is -1.26. The molecule has 1 aromatic carbocycles. The Morgan fingerprint density at radius 1 is 1.29 bits per heavy atom. The number of nitrogen functional groups attached to an aromatic ring is 1. The Balaban J connectivity index is 1.62. The van der Waals surface area contributed by atoms with Crippen molar-refractivity contribution < 1.29 is 4.74 Å². The normalized spacial score (nSPS) is 27.3. The molecule has 0 amide bonds. The van der Waals surface area contributed by atoms with Gasteiger partial charge in [0.15, 0.2) is 0 Å². The maximum Gasteiger partial charge on any atom is 0.141 e. The van der Waals surface area contributed by atoms with Crippen molar-refractivity contribution >= 4 is 5.69 Å². The maximum absolute atomic E-state index is 6.01. The number of nitrogens with zero attached hydrogens (tertiary/aromatic N) is 2. The van der Waals surface area contributed by atoms with Crippen molar-refractivity contribution in [3.05, 3.63) is 23.8 Å². The summed E-state index contributed by atoms with van der Waals surface area (Å²) in [4.78, 5) is 5.15. The minimum absolute atomic E-state index is 0.738. The molecule has 0 bridgehead atoms. The van der Waals surface area contributed by atoms with Crippen LogP contribution in [0.1, 0.15) is 24.8 Å². The maximum atomic E-state index is 6.01. The Labute approximate surface area is 127 Å². The lowest BCUT2D eigenvalue weighted by Gasteiger charge is -2.46. The fourth-order valence-electron chi connectivity index (χ4n) is 4.01. The summed E-state index contributed by atoms with van der Waals surface area (Å²) in [6.07, 6.45) is 4.03. The first-order valence-corrected chi connectivity index (χ1v) is 8.02. The van der Waals surface area contributed by atoms with Crippen LogP contribution in [0.3, 0.4) is 0 Å². The first kappa shape index (κ1) is 14.7. The van der Waals surface area contributed by atoms with Gasteiger partial charge < -0.3 is 15.4 Å². The predicted molar refractivity (Wildman–Crippen MR) is 86.4 cm³/mol.